The molecule has 0 unspecified atom stereocenters. The predicted molar refractivity (Wildman–Crippen MR) is 77.5 cm³/mol. The number of pyridine rings is 1. The van der Waals surface area contributed by atoms with Gasteiger partial charge in [0.05, 0.1) is 11.3 Å². The quantitative estimate of drug-likeness (QED) is 0.891. The minimum atomic E-state index is -0.340. The Balaban J connectivity index is 2.20. The zero-order valence-corrected chi connectivity index (χ0v) is 11.1. The molecule has 0 aliphatic rings. The fraction of sp³-hybridized carbons (Fsp3) is 0.133. The molecule has 0 radical (unpaired) electrons. The molecule has 2 aromatic rings. The molecule has 100 valence electrons. The highest BCUT2D eigenvalue weighted by molar-refractivity contribution is 6.04. The molecule has 2 rings (SSSR count). The Hall–Kier alpha value is -2.87. The van der Waals surface area contributed by atoms with Gasteiger partial charge in [-0.25, -0.2) is 0 Å². The van der Waals surface area contributed by atoms with Gasteiger partial charge in [-0.15, -0.1) is 0 Å². The summed E-state index contributed by atoms with van der Waals surface area (Å²) in [6.45, 7) is 2.74. The minimum Gasteiger partial charge on any atom is -0.385 e. The Morgan fingerprint density at radius 1 is 1.35 bits per heavy atom. The van der Waals surface area contributed by atoms with Crippen LogP contribution in [-0.2, 0) is 0 Å². The average molecular weight is 266 g/mol. The normalized spacial score (nSPS) is 9.60. The summed E-state index contributed by atoms with van der Waals surface area (Å²) in [6, 6.07) is 12.4. The molecule has 0 saturated heterocycles. The third-order valence-electron chi connectivity index (χ3n) is 2.67. The smallest absolute Gasteiger partial charge is 0.274 e. The Morgan fingerprint density at radius 3 is 2.90 bits per heavy atom. The minimum absolute atomic E-state index is 0.302. The zero-order valence-electron chi connectivity index (χ0n) is 11.1. The Morgan fingerprint density at radius 2 is 2.15 bits per heavy atom. The maximum absolute atomic E-state index is 12.1. The van der Waals surface area contributed by atoms with E-state index in [2.05, 4.69) is 15.6 Å². The lowest BCUT2D eigenvalue weighted by atomic mass is 10.2. The number of nitriles is 1. The van der Waals surface area contributed by atoms with Crippen molar-refractivity contribution in [2.75, 3.05) is 17.2 Å². The van der Waals surface area contributed by atoms with Gasteiger partial charge in [0, 0.05) is 18.4 Å². The summed E-state index contributed by atoms with van der Waals surface area (Å²) in [7, 11) is 0. The van der Waals surface area contributed by atoms with Gasteiger partial charge in [0.15, 0.2) is 0 Å². The molecule has 0 spiro atoms. The van der Waals surface area contributed by atoms with Crippen molar-refractivity contribution in [1.29, 1.82) is 5.26 Å². The van der Waals surface area contributed by atoms with E-state index < -0.39 is 0 Å². The van der Waals surface area contributed by atoms with E-state index in [9.17, 15) is 4.79 Å². The summed E-state index contributed by atoms with van der Waals surface area (Å²) in [6.07, 6.45) is 1.57. The van der Waals surface area contributed by atoms with Crippen molar-refractivity contribution in [3.63, 3.8) is 0 Å². The van der Waals surface area contributed by atoms with Crippen LogP contribution in [-0.4, -0.2) is 17.4 Å². The van der Waals surface area contributed by atoms with Crippen LogP contribution in [0.4, 0.5) is 11.4 Å². The first kappa shape index (κ1) is 13.6. The first-order valence-electron chi connectivity index (χ1n) is 6.25. The summed E-state index contributed by atoms with van der Waals surface area (Å²) in [5, 5.41) is 14.8. The van der Waals surface area contributed by atoms with E-state index in [0.29, 0.717) is 16.9 Å². The molecule has 5 heteroatoms. The van der Waals surface area contributed by atoms with E-state index in [-0.39, 0.29) is 5.91 Å². The number of rotatable bonds is 4. The van der Waals surface area contributed by atoms with Crippen LogP contribution in [0.15, 0.2) is 42.6 Å². The molecule has 1 heterocycles. The molecular weight excluding hydrogens is 252 g/mol. The third kappa shape index (κ3) is 3.12. The summed E-state index contributed by atoms with van der Waals surface area (Å²) in [5.41, 5.74) is 2.04. The van der Waals surface area contributed by atoms with Gasteiger partial charge in [0.2, 0.25) is 0 Å². The SMILES string of the molecule is CCNc1ccnc(C(=O)Nc2ccccc2C#N)c1. The molecule has 0 aliphatic heterocycles. The van der Waals surface area contributed by atoms with E-state index in [1.54, 1.807) is 42.6 Å². The topological polar surface area (TPSA) is 77.8 Å². The number of hydrogen-bond acceptors (Lipinski definition) is 4. The van der Waals surface area contributed by atoms with E-state index in [1.807, 2.05) is 13.0 Å². The first-order valence-corrected chi connectivity index (χ1v) is 6.25. The van der Waals surface area contributed by atoms with Crippen LogP contribution in [0.3, 0.4) is 0 Å². The van der Waals surface area contributed by atoms with Crippen molar-refractivity contribution in [2.24, 2.45) is 0 Å². The largest absolute Gasteiger partial charge is 0.385 e. The van der Waals surface area contributed by atoms with Gasteiger partial charge < -0.3 is 10.6 Å². The van der Waals surface area contributed by atoms with E-state index in [4.69, 9.17) is 5.26 Å². The maximum Gasteiger partial charge on any atom is 0.274 e. The highest BCUT2D eigenvalue weighted by Crippen LogP contribution is 2.15. The zero-order chi connectivity index (χ0) is 14.4. The van der Waals surface area contributed by atoms with Crippen LogP contribution in [0.5, 0.6) is 0 Å². The van der Waals surface area contributed by atoms with Gasteiger partial charge in [0.25, 0.3) is 5.91 Å². The fourth-order valence-electron chi connectivity index (χ4n) is 1.74. The van der Waals surface area contributed by atoms with Gasteiger partial charge in [-0.3, -0.25) is 9.78 Å². The van der Waals surface area contributed by atoms with Crippen LogP contribution >= 0.6 is 0 Å². The summed E-state index contributed by atoms with van der Waals surface area (Å²) in [5.74, 6) is -0.340. The monoisotopic (exact) mass is 266 g/mol. The second kappa shape index (κ2) is 6.34. The van der Waals surface area contributed by atoms with Crippen molar-refractivity contribution in [1.82, 2.24) is 4.98 Å². The van der Waals surface area contributed by atoms with E-state index in [1.165, 1.54) is 0 Å². The number of amides is 1. The molecule has 0 bridgehead atoms. The Kier molecular flexibility index (Phi) is 4.30. The standard InChI is InChI=1S/C15H14N4O/c1-2-17-12-7-8-18-14(9-12)15(20)19-13-6-4-3-5-11(13)10-16/h3-9H,2H2,1H3,(H,17,18)(H,19,20). The number of aromatic nitrogens is 1. The predicted octanol–water partition coefficient (Wildman–Crippen LogP) is 2.64. The van der Waals surface area contributed by atoms with E-state index >= 15 is 0 Å². The van der Waals surface area contributed by atoms with Crippen molar-refractivity contribution < 1.29 is 4.79 Å². The number of nitrogens with one attached hydrogen (secondary N) is 2. The van der Waals surface area contributed by atoms with Gasteiger partial charge in [-0.2, -0.15) is 5.26 Å². The molecule has 0 saturated carbocycles. The Bertz CT molecular complexity index is 661. The third-order valence-corrected chi connectivity index (χ3v) is 2.67. The maximum atomic E-state index is 12.1. The van der Waals surface area contributed by atoms with Crippen LogP contribution in [0.25, 0.3) is 0 Å². The highest BCUT2D eigenvalue weighted by Gasteiger charge is 2.10. The molecule has 1 amide bonds. The van der Waals surface area contributed by atoms with Gasteiger partial charge in [-0.05, 0) is 31.2 Å². The molecular formula is C15H14N4O. The number of anilines is 2. The first-order chi connectivity index (χ1) is 9.74. The van der Waals surface area contributed by atoms with Crippen molar-refractivity contribution in [3.8, 4) is 6.07 Å². The summed E-state index contributed by atoms with van der Waals surface area (Å²) < 4.78 is 0. The molecule has 1 aromatic carbocycles. The lowest BCUT2D eigenvalue weighted by Gasteiger charge is -2.08. The van der Waals surface area contributed by atoms with E-state index in [0.717, 1.165) is 12.2 Å². The Labute approximate surface area is 117 Å². The molecule has 0 atom stereocenters. The van der Waals surface area contributed by atoms with Crippen LogP contribution in [0, 0.1) is 11.3 Å². The molecule has 20 heavy (non-hydrogen) atoms. The number of nitrogens with zero attached hydrogens (tertiary/aromatic N) is 2. The number of carbonyl (C=O) groups excluding carboxylic acids is 1. The number of para-hydroxylation sites is 1. The molecule has 0 aliphatic carbocycles. The summed E-state index contributed by atoms with van der Waals surface area (Å²) >= 11 is 0. The van der Waals surface area contributed by atoms with Gasteiger partial charge in [-0.1, -0.05) is 12.1 Å². The van der Waals surface area contributed by atoms with Crippen LogP contribution in [0.1, 0.15) is 23.0 Å². The van der Waals surface area contributed by atoms with Crippen molar-refractivity contribution >= 4 is 17.3 Å². The number of benzene rings is 1. The average Bonchev–Trinajstić information content (AvgIpc) is 2.48. The van der Waals surface area contributed by atoms with Crippen molar-refractivity contribution in [3.05, 3.63) is 53.9 Å². The highest BCUT2D eigenvalue weighted by atomic mass is 16.1. The second-order valence-electron chi connectivity index (χ2n) is 4.07. The second-order valence-corrected chi connectivity index (χ2v) is 4.07. The van der Waals surface area contributed by atoms with Gasteiger partial charge in [0.1, 0.15) is 11.8 Å². The number of carbonyl (C=O) groups is 1. The fourth-order valence-corrected chi connectivity index (χ4v) is 1.74. The number of hydrogen-bond donors (Lipinski definition) is 2. The summed E-state index contributed by atoms with van der Waals surface area (Å²) in [4.78, 5) is 16.2. The molecule has 5 nitrogen and oxygen atoms in total. The van der Waals surface area contributed by atoms with Crippen LogP contribution in [0.2, 0.25) is 0 Å². The lowest BCUT2D eigenvalue weighted by Crippen LogP contribution is -2.14. The molecule has 2 N–H and O–H groups in total. The van der Waals surface area contributed by atoms with Crippen molar-refractivity contribution in [2.45, 2.75) is 6.92 Å². The molecule has 1 aromatic heterocycles. The van der Waals surface area contributed by atoms with Gasteiger partial charge >= 0.3 is 0 Å². The molecule has 0 fully saturated rings. The lowest BCUT2D eigenvalue weighted by molar-refractivity contribution is 0.102. The van der Waals surface area contributed by atoms with Crippen LogP contribution < -0.4 is 10.6 Å².